The number of oxazole rings is 1. The number of nitrogens with zero attached hydrogens (tertiary/aromatic N) is 5. The summed E-state index contributed by atoms with van der Waals surface area (Å²) in [5, 5.41) is 8.94. The zero-order chi connectivity index (χ0) is 25.1. The van der Waals surface area contributed by atoms with Crippen molar-refractivity contribution >= 4 is 22.7 Å². The first-order chi connectivity index (χ1) is 17.5. The Morgan fingerprint density at radius 2 is 1.83 bits per heavy atom. The predicted molar refractivity (Wildman–Crippen MR) is 141 cm³/mol. The van der Waals surface area contributed by atoms with Crippen LogP contribution in [0.3, 0.4) is 0 Å². The van der Waals surface area contributed by atoms with Gasteiger partial charge in [0.05, 0.1) is 17.8 Å². The molecule has 1 saturated heterocycles. The summed E-state index contributed by atoms with van der Waals surface area (Å²) in [5.74, 6) is 0.535. The van der Waals surface area contributed by atoms with E-state index < -0.39 is 5.76 Å². The highest BCUT2D eigenvalue weighted by molar-refractivity contribution is 5.98. The number of ketones is 1. The van der Waals surface area contributed by atoms with Crippen LogP contribution < -0.4 is 10.7 Å². The van der Waals surface area contributed by atoms with Crippen LogP contribution in [0.25, 0.3) is 22.4 Å². The maximum absolute atomic E-state index is 12.6. The molecule has 0 saturated carbocycles. The molecule has 36 heavy (non-hydrogen) atoms. The van der Waals surface area contributed by atoms with Gasteiger partial charge in [-0.1, -0.05) is 31.5 Å². The summed E-state index contributed by atoms with van der Waals surface area (Å²) in [6, 6.07) is 17.2. The van der Waals surface area contributed by atoms with Gasteiger partial charge in [-0.3, -0.25) is 9.36 Å². The molecule has 2 aromatic carbocycles. The monoisotopic (exact) mass is 485 g/mol. The fourth-order valence-corrected chi connectivity index (χ4v) is 4.56. The van der Waals surface area contributed by atoms with Gasteiger partial charge < -0.3 is 14.2 Å². The van der Waals surface area contributed by atoms with Crippen LogP contribution in [0.2, 0.25) is 0 Å². The topological polar surface area (TPSA) is 84.5 Å². The van der Waals surface area contributed by atoms with Gasteiger partial charge in [0.1, 0.15) is 0 Å². The Morgan fingerprint density at radius 3 is 2.58 bits per heavy atom. The number of hydrogen-bond acceptors (Lipinski definition) is 7. The summed E-state index contributed by atoms with van der Waals surface area (Å²) in [6.07, 6.45) is 2.31. The molecule has 8 nitrogen and oxygen atoms in total. The lowest BCUT2D eigenvalue weighted by molar-refractivity contribution is 0.0980. The molecular weight excluding hydrogens is 454 g/mol. The van der Waals surface area contributed by atoms with Crippen molar-refractivity contribution in [3.63, 3.8) is 0 Å². The molecule has 0 spiro atoms. The minimum absolute atomic E-state index is 0.0829. The molecule has 0 aliphatic carbocycles. The van der Waals surface area contributed by atoms with E-state index in [-0.39, 0.29) is 5.78 Å². The first kappa shape index (κ1) is 23.9. The third-order valence-corrected chi connectivity index (χ3v) is 6.79. The Labute approximate surface area is 210 Å². The highest BCUT2D eigenvalue weighted by Gasteiger charge is 2.16. The van der Waals surface area contributed by atoms with Crippen LogP contribution in [-0.4, -0.2) is 58.7 Å². The van der Waals surface area contributed by atoms with E-state index in [9.17, 15) is 9.59 Å². The van der Waals surface area contributed by atoms with Crippen LogP contribution in [0.15, 0.2) is 63.8 Å². The Kier molecular flexibility index (Phi) is 6.95. The molecule has 0 radical (unpaired) electrons. The van der Waals surface area contributed by atoms with Crippen LogP contribution in [0.4, 0.5) is 5.82 Å². The molecule has 0 bridgehead atoms. The number of benzene rings is 2. The van der Waals surface area contributed by atoms with Gasteiger partial charge in [-0.15, -0.1) is 10.2 Å². The fourth-order valence-electron chi connectivity index (χ4n) is 4.56. The maximum Gasteiger partial charge on any atom is 0.420 e. The van der Waals surface area contributed by atoms with Gasteiger partial charge in [-0.2, -0.15) is 0 Å². The summed E-state index contributed by atoms with van der Waals surface area (Å²) < 4.78 is 7.02. The average Bonchev–Trinajstić information content (AvgIpc) is 3.22. The number of anilines is 1. The summed E-state index contributed by atoms with van der Waals surface area (Å²) >= 11 is 0. The van der Waals surface area contributed by atoms with Gasteiger partial charge in [0.25, 0.3) is 0 Å². The van der Waals surface area contributed by atoms with Crippen LogP contribution in [-0.2, 0) is 6.54 Å². The zero-order valence-corrected chi connectivity index (χ0v) is 20.8. The molecule has 0 atom stereocenters. The number of carbonyl (C=O) groups excluding carboxylic acids is 1. The molecule has 1 aliphatic heterocycles. The zero-order valence-electron chi connectivity index (χ0n) is 20.8. The van der Waals surface area contributed by atoms with Crippen molar-refractivity contribution in [3.8, 4) is 11.3 Å². The van der Waals surface area contributed by atoms with Gasteiger partial charge >= 0.3 is 5.76 Å². The SMILES string of the molecule is CCCCC(=O)c1ccc2oc(=O)n(Cc3cccc(-c4ccc(N5CCN(C)CC5)nn4)c3)c2c1. The van der Waals surface area contributed by atoms with E-state index in [1.165, 1.54) is 0 Å². The third kappa shape index (κ3) is 5.09. The molecule has 2 aromatic heterocycles. The van der Waals surface area contributed by atoms with Crippen molar-refractivity contribution in [1.82, 2.24) is 19.7 Å². The van der Waals surface area contributed by atoms with Crippen LogP contribution in [0, 0.1) is 0 Å². The second-order valence-corrected chi connectivity index (χ2v) is 9.43. The van der Waals surface area contributed by atoms with Gasteiger partial charge in [-0.25, -0.2) is 4.79 Å². The minimum Gasteiger partial charge on any atom is -0.408 e. The maximum atomic E-state index is 12.6. The largest absolute Gasteiger partial charge is 0.420 e. The van der Waals surface area contributed by atoms with Gasteiger partial charge in [-0.05, 0) is 55.4 Å². The van der Waals surface area contributed by atoms with E-state index in [1.54, 1.807) is 22.8 Å². The van der Waals surface area contributed by atoms with Gasteiger partial charge in [0.15, 0.2) is 17.2 Å². The van der Waals surface area contributed by atoms with E-state index >= 15 is 0 Å². The molecule has 186 valence electrons. The number of likely N-dealkylation sites (N-methyl/N-ethyl adjacent to an activating group) is 1. The average molecular weight is 486 g/mol. The Bertz CT molecular complexity index is 1420. The molecule has 3 heterocycles. The lowest BCUT2D eigenvalue weighted by Crippen LogP contribution is -2.44. The number of carbonyl (C=O) groups is 1. The van der Waals surface area contributed by atoms with Crippen molar-refractivity contribution in [2.24, 2.45) is 0 Å². The quantitative estimate of drug-likeness (QED) is 0.346. The van der Waals surface area contributed by atoms with E-state index in [4.69, 9.17) is 4.42 Å². The summed E-state index contributed by atoms with van der Waals surface area (Å²) in [4.78, 5) is 29.7. The molecular formula is C28H31N5O3. The lowest BCUT2D eigenvalue weighted by atomic mass is 10.0. The first-order valence-corrected chi connectivity index (χ1v) is 12.5. The fraction of sp³-hybridized carbons (Fsp3) is 0.357. The summed E-state index contributed by atoms with van der Waals surface area (Å²) in [6.45, 7) is 6.31. The molecule has 5 rings (SSSR count). The normalized spacial score (nSPS) is 14.4. The second kappa shape index (κ2) is 10.5. The molecule has 0 unspecified atom stereocenters. The molecule has 8 heteroatoms. The number of unbranched alkanes of at least 4 members (excludes halogenated alkanes) is 1. The van der Waals surface area contributed by atoms with Crippen molar-refractivity contribution < 1.29 is 9.21 Å². The van der Waals surface area contributed by atoms with Crippen LogP contribution in [0.1, 0.15) is 42.1 Å². The number of Topliss-reactive ketones (excluding diaryl/α,β-unsaturated/α-hetero) is 1. The van der Waals surface area contributed by atoms with E-state index in [2.05, 4.69) is 34.0 Å². The predicted octanol–water partition coefficient (Wildman–Crippen LogP) is 4.22. The Balaban J connectivity index is 1.37. The smallest absolute Gasteiger partial charge is 0.408 e. The van der Waals surface area contributed by atoms with Crippen molar-refractivity contribution in [3.05, 3.63) is 76.3 Å². The number of fused-ring (bicyclic) bond motifs is 1. The van der Waals surface area contributed by atoms with E-state index in [0.29, 0.717) is 29.6 Å². The van der Waals surface area contributed by atoms with Crippen LogP contribution >= 0.6 is 0 Å². The number of aromatic nitrogens is 3. The first-order valence-electron chi connectivity index (χ1n) is 12.5. The van der Waals surface area contributed by atoms with E-state index in [1.807, 2.05) is 36.4 Å². The second-order valence-electron chi connectivity index (χ2n) is 9.43. The number of hydrogen-bond donors (Lipinski definition) is 0. The highest BCUT2D eigenvalue weighted by Crippen LogP contribution is 2.22. The van der Waals surface area contributed by atoms with Crippen molar-refractivity contribution in [2.75, 3.05) is 38.1 Å². The number of rotatable bonds is 8. The Hall–Kier alpha value is -3.78. The van der Waals surface area contributed by atoms with E-state index in [0.717, 1.165) is 61.7 Å². The molecule has 1 aliphatic rings. The highest BCUT2D eigenvalue weighted by atomic mass is 16.4. The summed E-state index contributed by atoms with van der Waals surface area (Å²) in [5.41, 5.74) is 4.36. The number of piperazine rings is 1. The lowest BCUT2D eigenvalue weighted by Gasteiger charge is -2.32. The summed E-state index contributed by atoms with van der Waals surface area (Å²) in [7, 11) is 2.13. The third-order valence-electron chi connectivity index (χ3n) is 6.79. The molecule has 0 amide bonds. The van der Waals surface area contributed by atoms with Gasteiger partial charge in [0.2, 0.25) is 0 Å². The van der Waals surface area contributed by atoms with Crippen LogP contribution in [0.5, 0.6) is 0 Å². The van der Waals surface area contributed by atoms with Gasteiger partial charge in [0, 0.05) is 43.7 Å². The Morgan fingerprint density at radius 1 is 1.00 bits per heavy atom. The minimum atomic E-state index is -0.440. The van der Waals surface area contributed by atoms with Crippen molar-refractivity contribution in [1.29, 1.82) is 0 Å². The molecule has 4 aromatic rings. The molecule has 0 N–H and O–H groups in total. The molecule has 1 fully saturated rings. The van der Waals surface area contributed by atoms with Crippen molar-refractivity contribution in [2.45, 2.75) is 32.7 Å². The standard InChI is InChI=1S/C28H31N5O3/c1-3-4-8-25(34)22-9-11-26-24(18-22)33(28(35)36-26)19-20-6-5-7-21(17-20)23-10-12-27(30-29-23)32-15-13-31(2)14-16-32/h5-7,9-12,17-18H,3-4,8,13-16,19H2,1-2H3.